The molecule has 24 heavy (non-hydrogen) atoms. The van der Waals surface area contributed by atoms with E-state index in [0.29, 0.717) is 18.7 Å². The van der Waals surface area contributed by atoms with Crippen LogP contribution in [0.1, 0.15) is 28.9 Å². The summed E-state index contributed by atoms with van der Waals surface area (Å²) in [5.74, 6) is 0.790. The number of amides is 1. The number of carbonyl (C=O) groups is 1. The molecule has 0 radical (unpaired) electrons. The second-order valence-electron chi connectivity index (χ2n) is 5.70. The Morgan fingerprint density at radius 1 is 1.12 bits per heavy atom. The fraction of sp³-hybridized carbons (Fsp3) is 0.316. The van der Waals surface area contributed by atoms with Crippen LogP contribution in [0.4, 0.5) is 0 Å². The Morgan fingerprint density at radius 3 is 2.29 bits per heavy atom. The van der Waals surface area contributed by atoms with Crippen molar-refractivity contribution in [3.05, 3.63) is 64.1 Å². The maximum Gasteiger partial charge on any atom is 0.251 e. The van der Waals surface area contributed by atoms with Gasteiger partial charge in [-0.1, -0.05) is 28.1 Å². The van der Waals surface area contributed by atoms with Gasteiger partial charge in [-0.25, -0.2) is 0 Å². The number of carbonyl (C=O) groups excluding carboxylic acids is 1. The van der Waals surface area contributed by atoms with Crippen LogP contribution in [0.5, 0.6) is 5.75 Å². The highest BCUT2D eigenvalue weighted by atomic mass is 79.9. The minimum absolute atomic E-state index is 0.0692. The summed E-state index contributed by atoms with van der Waals surface area (Å²) in [4.78, 5) is 14.4. The lowest BCUT2D eigenvalue weighted by molar-refractivity contribution is 0.0942. The van der Waals surface area contributed by atoms with Gasteiger partial charge < -0.3 is 15.0 Å². The zero-order chi connectivity index (χ0) is 17.5. The molecule has 0 bridgehead atoms. The van der Waals surface area contributed by atoms with E-state index in [1.165, 1.54) is 0 Å². The predicted octanol–water partition coefficient (Wildman–Crippen LogP) is 3.88. The van der Waals surface area contributed by atoms with E-state index >= 15 is 0 Å². The number of hydrogen-bond donors (Lipinski definition) is 1. The average Bonchev–Trinajstić information content (AvgIpc) is 2.57. The Hall–Kier alpha value is -1.85. The summed E-state index contributed by atoms with van der Waals surface area (Å²) >= 11 is 3.37. The van der Waals surface area contributed by atoms with Crippen molar-refractivity contribution in [2.75, 3.05) is 27.2 Å². The molecule has 1 atom stereocenters. The summed E-state index contributed by atoms with van der Waals surface area (Å²) in [5.41, 5.74) is 1.79. The van der Waals surface area contributed by atoms with Gasteiger partial charge in [0.1, 0.15) is 5.75 Å². The second kappa shape index (κ2) is 8.85. The standard InChI is InChI=1S/C19H23BrN2O2/c1-4-24-17-11-7-14(8-12-17)18(22(2)3)13-21-19(23)15-5-9-16(20)10-6-15/h5-12,18H,4,13H2,1-3H3,(H,21,23). The smallest absolute Gasteiger partial charge is 0.251 e. The highest BCUT2D eigenvalue weighted by molar-refractivity contribution is 9.10. The second-order valence-corrected chi connectivity index (χ2v) is 6.61. The molecule has 1 unspecified atom stereocenters. The van der Waals surface area contributed by atoms with E-state index in [-0.39, 0.29) is 11.9 Å². The quantitative estimate of drug-likeness (QED) is 0.779. The Kier molecular flexibility index (Phi) is 6.82. The van der Waals surface area contributed by atoms with Gasteiger partial charge in [0.2, 0.25) is 0 Å². The van der Waals surface area contributed by atoms with Crippen LogP contribution < -0.4 is 10.1 Å². The number of ether oxygens (including phenoxy) is 1. The van der Waals surface area contributed by atoms with Gasteiger partial charge in [-0.05, 0) is 63.0 Å². The fourth-order valence-electron chi connectivity index (χ4n) is 2.44. The van der Waals surface area contributed by atoms with Crippen molar-refractivity contribution in [2.24, 2.45) is 0 Å². The molecule has 1 amide bonds. The molecule has 0 saturated carbocycles. The van der Waals surface area contributed by atoms with Crippen LogP contribution in [-0.2, 0) is 0 Å². The van der Waals surface area contributed by atoms with E-state index in [9.17, 15) is 4.79 Å². The summed E-state index contributed by atoms with van der Waals surface area (Å²) in [7, 11) is 4.01. The van der Waals surface area contributed by atoms with Crippen molar-refractivity contribution < 1.29 is 9.53 Å². The Labute approximate surface area is 151 Å². The molecule has 0 aliphatic carbocycles. The molecule has 0 fully saturated rings. The summed E-state index contributed by atoms with van der Waals surface area (Å²) in [6.07, 6.45) is 0. The van der Waals surface area contributed by atoms with E-state index in [1.54, 1.807) is 12.1 Å². The topological polar surface area (TPSA) is 41.6 Å². The number of nitrogens with zero attached hydrogens (tertiary/aromatic N) is 1. The van der Waals surface area contributed by atoms with Gasteiger partial charge >= 0.3 is 0 Å². The number of halogens is 1. The Morgan fingerprint density at radius 2 is 1.75 bits per heavy atom. The Balaban J connectivity index is 2.03. The molecule has 2 aromatic carbocycles. The van der Waals surface area contributed by atoms with Crippen molar-refractivity contribution in [3.8, 4) is 5.75 Å². The zero-order valence-corrected chi connectivity index (χ0v) is 15.8. The van der Waals surface area contributed by atoms with Crippen LogP contribution in [0.25, 0.3) is 0 Å². The molecule has 0 aliphatic heterocycles. The zero-order valence-electron chi connectivity index (χ0n) is 14.3. The first-order chi connectivity index (χ1) is 11.5. The molecule has 0 spiro atoms. The highest BCUT2D eigenvalue weighted by Crippen LogP contribution is 2.21. The maximum atomic E-state index is 12.3. The minimum Gasteiger partial charge on any atom is -0.494 e. The Bertz CT molecular complexity index is 654. The third kappa shape index (κ3) is 5.08. The van der Waals surface area contributed by atoms with Crippen LogP contribution in [0.15, 0.2) is 53.0 Å². The van der Waals surface area contributed by atoms with Gasteiger partial charge in [-0.3, -0.25) is 4.79 Å². The number of benzene rings is 2. The molecule has 5 heteroatoms. The van der Waals surface area contributed by atoms with Crippen LogP contribution in [0.3, 0.4) is 0 Å². The number of nitrogens with one attached hydrogen (secondary N) is 1. The molecular formula is C19H23BrN2O2. The van der Waals surface area contributed by atoms with Gasteiger partial charge in [-0.2, -0.15) is 0 Å². The van der Waals surface area contributed by atoms with Crippen molar-refractivity contribution in [2.45, 2.75) is 13.0 Å². The van der Waals surface area contributed by atoms with Crippen LogP contribution in [0.2, 0.25) is 0 Å². The largest absolute Gasteiger partial charge is 0.494 e. The van der Waals surface area contributed by atoms with Gasteiger partial charge in [-0.15, -0.1) is 0 Å². The minimum atomic E-state index is -0.0692. The maximum absolute atomic E-state index is 12.3. The highest BCUT2D eigenvalue weighted by Gasteiger charge is 2.16. The molecular weight excluding hydrogens is 368 g/mol. The lowest BCUT2D eigenvalue weighted by Gasteiger charge is -2.25. The number of rotatable bonds is 7. The van der Waals surface area contributed by atoms with Gasteiger partial charge in [0.05, 0.1) is 12.6 Å². The van der Waals surface area contributed by atoms with E-state index < -0.39 is 0 Å². The van der Waals surface area contributed by atoms with E-state index in [1.807, 2.05) is 57.4 Å². The summed E-state index contributed by atoms with van der Waals surface area (Å²) in [6, 6.07) is 15.5. The number of hydrogen-bond acceptors (Lipinski definition) is 3. The van der Waals surface area contributed by atoms with Crippen molar-refractivity contribution in [1.82, 2.24) is 10.2 Å². The monoisotopic (exact) mass is 390 g/mol. The van der Waals surface area contributed by atoms with Gasteiger partial charge in [0, 0.05) is 16.6 Å². The number of likely N-dealkylation sites (N-methyl/N-ethyl adjacent to an activating group) is 1. The molecule has 0 heterocycles. The molecule has 2 rings (SSSR count). The first-order valence-corrected chi connectivity index (χ1v) is 8.73. The lowest BCUT2D eigenvalue weighted by atomic mass is 10.1. The lowest BCUT2D eigenvalue weighted by Crippen LogP contribution is -2.34. The molecule has 1 N–H and O–H groups in total. The fourth-order valence-corrected chi connectivity index (χ4v) is 2.71. The SMILES string of the molecule is CCOc1ccc(C(CNC(=O)c2ccc(Br)cc2)N(C)C)cc1. The molecule has 0 aromatic heterocycles. The van der Waals surface area contributed by atoms with E-state index in [4.69, 9.17) is 4.74 Å². The molecule has 0 aliphatic rings. The summed E-state index contributed by atoms with van der Waals surface area (Å²) < 4.78 is 6.44. The van der Waals surface area contributed by atoms with Gasteiger partial charge in [0.15, 0.2) is 0 Å². The summed E-state index contributed by atoms with van der Waals surface area (Å²) in [6.45, 7) is 3.16. The third-order valence-electron chi connectivity index (χ3n) is 3.76. The van der Waals surface area contributed by atoms with Crippen molar-refractivity contribution >= 4 is 21.8 Å². The third-order valence-corrected chi connectivity index (χ3v) is 4.29. The first kappa shape index (κ1) is 18.5. The van der Waals surface area contributed by atoms with Crippen molar-refractivity contribution in [3.63, 3.8) is 0 Å². The summed E-state index contributed by atoms with van der Waals surface area (Å²) in [5, 5.41) is 3.01. The average molecular weight is 391 g/mol. The van der Waals surface area contributed by atoms with Gasteiger partial charge in [0.25, 0.3) is 5.91 Å². The molecule has 0 saturated heterocycles. The van der Waals surface area contributed by atoms with E-state index in [2.05, 4.69) is 26.1 Å². The van der Waals surface area contributed by atoms with Crippen LogP contribution in [-0.4, -0.2) is 38.1 Å². The normalized spacial score (nSPS) is 12.0. The van der Waals surface area contributed by atoms with Crippen LogP contribution >= 0.6 is 15.9 Å². The van der Waals surface area contributed by atoms with E-state index in [0.717, 1.165) is 15.8 Å². The molecule has 2 aromatic rings. The first-order valence-electron chi connectivity index (χ1n) is 7.94. The predicted molar refractivity (Wildman–Crippen MR) is 101 cm³/mol. The van der Waals surface area contributed by atoms with Crippen LogP contribution in [0, 0.1) is 0 Å². The molecule has 128 valence electrons. The van der Waals surface area contributed by atoms with Crippen molar-refractivity contribution in [1.29, 1.82) is 0 Å². The molecule has 4 nitrogen and oxygen atoms in total.